The van der Waals surface area contributed by atoms with Crippen LogP contribution in [0.2, 0.25) is 0 Å². The Morgan fingerprint density at radius 3 is 2.30 bits per heavy atom. The lowest BCUT2D eigenvalue weighted by atomic mass is 10.1. The van der Waals surface area contributed by atoms with Crippen LogP contribution in [0.3, 0.4) is 0 Å². The zero-order valence-corrected chi connectivity index (χ0v) is 23.4. The van der Waals surface area contributed by atoms with Crippen molar-refractivity contribution in [2.75, 3.05) is 23.7 Å². The van der Waals surface area contributed by atoms with E-state index in [1.54, 1.807) is 12.1 Å². The Kier molecular flexibility index (Phi) is 11.6. The van der Waals surface area contributed by atoms with Crippen molar-refractivity contribution in [2.24, 2.45) is 0 Å². The van der Waals surface area contributed by atoms with Gasteiger partial charge in [0.25, 0.3) is 0 Å². The molecule has 0 aliphatic heterocycles. The SMILES string of the molecule is CCCCNC(=O)[C@@H](CC)N(Cc1ccc(F)cc1)C(=O)CCCN(c1cc(C)ccc1C)S(C)(=O)=O. The molecule has 1 atom stereocenters. The summed E-state index contributed by atoms with van der Waals surface area (Å²) in [4.78, 5) is 27.9. The predicted molar refractivity (Wildman–Crippen MR) is 146 cm³/mol. The molecule has 0 unspecified atom stereocenters. The molecule has 1 N–H and O–H groups in total. The maximum Gasteiger partial charge on any atom is 0.242 e. The minimum Gasteiger partial charge on any atom is -0.354 e. The van der Waals surface area contributed by atoms with Crippen LogP contribution >= 0.6 is 0 Å². The van der Waals surface area contributed by atoms with E-state index >= 15 is 0 Å². The molecule has 0 aliphatic rings. The minimum atomic E-state index is -3.57. The van der Waals surface area contributed by atoms with Gasteiger partial charge in [0, 0.05) is 26.1 Å². The predicted octanol–water partition coefficient (Wildman–Crippen LogP) is 4.71. The van der Waals surface area contributed by atoms with Gasteiger partial charge in [-0.05, 0) is 68.0 Å². The lowest BCUT2D eigenvalue weighted by molar-refractivity contribution is -0.141. The first-order valence-electron chi connectivity index (χ1n) is 12.8. The highest BCUT2D eigenvalue weighted by Gasteiger charge is 2.29. The van der Waals surface area contributed by atoms with E-state index in [0.29, 0.717) is 24.2 Å². The van der Waals surface area contributed by atoms with Crippen LogP contribution in [0, 0.1) is 19.7 Å². The molecule has 0 bridgehead atoms. The van der Waals surface area contributed by atoms with Gasteiger partial charge in [0.2, 0.25) is 21.8 Å². The van der Waals surface area contributed by atoms with Crippen LogP contribution in [0.1, 0.15) is 62.6 Å². The Morgan fingerprint density at radius 2 is 1.70 bits per heavy atom. The molecule has 204 valence electrons. The molecule has 2 aromatic carbocycles. The highest BCUT2D eigenvalue weighted by molar-refractivity contribution is 7.92. The molecule has 0 aliphatic carbocycles. The number of hydrogen-bond donors (Lipinski definition) is 1. The smallest absolute Gasteiger partial charge is 0.242 e. The number of benzene rings is 2. The summed E-state index contributed by atoms with van der Waals surface area (Å²) in [5, 5.41) is 2.91. The fraction of sp³-hybridized carbons (Fsp3) is 0.500. The molecule has 2 aromatic rings. The molecule has 7 nitrogen and oxygen atoms in total. The van der Waals surface area contributed by atoms with E-state index in [0.717, 1.165) is 30.2 Å². The summed E-state index contributed by atoms with van der Waals surface area (Å²) in [6.07, 6.45) is 3.71. The van der Waals surface area contributed by atoms with E-state index in [1.807, 2.05) is 45.9 Å². The third-order valence-corrected chi connectivity index (χ3v) is 7.45. The van der Waals surface area contributed by atoms with Crippen molar-refractivity contribution in [2.45, 2.75) is 72.4 Å². The number of carbonyl (C=O) groups excluding carboxylic acids is 2. The molecule has 0 radical (unpaired) electrons. The van der Waals surface area contributed by atoms with Gasteiger partial charge in [0.15, 0.2) is 0 Å². The monoisotopic (exact) mass is 533 g/mol. The van der Waals surface area contributed by atoms with Gasteiger partial charge in [-0.25, -0.2) is 12.8 Å². The molecule has 0 saturated heterocycles. The summed E-state index contributed by atoms with van der Waals surface area (Å²) in [6.45, 7) is 8.46. The van der Waals surface area contributed by atoms with Gasteiger partial charge in [-0.15, -0.1) is 0 Å². The molecule has 0 spiro atoms. The molecule has 37 heavy (non-hydrogen) atoms. The molecule has 0 saturated carbocycles. The van der Waals surface area contributed by atoms with Crippen LogP contribution in [-0.4, -0.2) is 50.5 Å². The van der Waals surface area contributed by atoms with Gasteiger partial charge in [-0.2, -0.15) is 0 Å². The number of rotatable bonds is 14. The van der Waals surface area contributed by atoms with E-state index < -0.39 is 16.1 Å². The van der Waals surface area contributed by atoms with E-state index in [4.69, 9.17) is 0 Å². The average molecular weight is 534 g/mol. The highest BCUT2D eigenvalue weighted by atomic mass is 32.2. The van der Waals surface area contributed by atoms with Gasteiger partial charge < -0.3 is 10.2 Å². The van der Waals surface area contributed by atoms with Crippen molar-refractivity contribution in [3.8, 4) is 0 Å². The van der Waals surface area contributed by atoms with Crippen LogP contribution in [-0.2, 0) is 26.2 Å². The maximum absolute atomic E-state index is 13.4. The number of nitrogens with one attached hydrogen (secondary N) is 1. The molecular formula is C28H40FN3O4S. The van der Waals surface area contributed by atoms with Crippen LogP contribution in [0.25, 0.3) is 0 Å². The van der Waals surface area contributed by atoms with Crippen LogP contribution in [0.15, 0.2) is 42.5 Å². The number of aryl methyl sites for hydroxylation is 2. The van der Waals surface area contributed by atoms with E-state index in [2.05, 4.69) is 5.32 Å². The first-order chi connectivity index (χ1) is 17.5. The van der Waals surface area contributed by atoms with Crippen LogP contribution < -0.4 is 9.62 Å². The maximum atomic E-state index is 13.4. The summed E-state index contributed by atoms with van der Waals surface area (Å²) in [5.41, 5.74) is 3.08. The first-order valence-corrected chi connectivity index (χ1v) is 14.7. The number of carbonyl (C=O) groups is 2. The number of hydrogen-bond acceptors (Lipinski definition) is 4. The minimum absolute atomic E-state index is 0.0663. The molecular weight excluding hydrogens is 493 g/mol. The van der Waals surface area contributed by atoms with Gasteiger partial charge in [0.1, 0.15) is 11.9 Å². The lowest BCUT2D eigenvalue weighted by Crippen LogP contribution is -2.49. The van der Waals surface area contributed by atoms with E-state index in [-0.39, 0.29) is 43.6 Å². The molecule has 0 fully saturated rings. The lowest BCUT2D eigenvalue weighted by Gasteiger charge is -2.31. The second kappa shape index (κ2) is 14.1. The number of halogens is 1. The number of nitrogens with zero attached hydrogens (tertiary/aromatic N) is 2. The molecule has 9 heteroatoms. The summed E-state index contributed by atoms with van der Waals surface area (Å²) in [5.74, 6) is -0.853. The fourth-order valence-electron chi connectivity index (χ4n) is 4.18. The summed E-state index contributed by atoms with van der Waals surface area (Å²) < 4.78 is 40.0. The Bertz CT molecular complexity index is 1150. The normalized spacial score (nSPS) is 12.2. The van der Waals surface area contributed by atoms with Crippen molar-refractivity contribution in [1.29, 1.82) is 0 Å². The zero-order chi connectivity index (χ0) is 27.6. The number of unbranched alkanes of at least 4 members (excludes halogenated alkanes) is 1. The zero-order valence-electron chi connectivity index (χ0n) is 22.6. The third kappa shape index (κ3) is 9.14. The fourth-order valence-corrected chi connectivity index (χ4v) is 5.20. The third-order valence-electron chi connectivity index (χ3n) is 6.27. The molecule has 2 rings (SSSR count). The average Bonchev–Trinajstić information content (AvgIpc) is 2.84. The van der Waals surface area contributed by atoms with Gasteiger partial charge in [0.05, 0.1) is 11.9 Å². The standard InChI is InChI=1S/C28H40FN3O4S/c1-6-8-17-30-28(34)25(7-2)31(20-23-13-15-24(29)16-14-23)27(33)10-9-18-32(37(5,35)36)26-19-21(3)11-12-22(26)4/h11-16,19,25H,6-10,17-18,20H2,1-5H3,(H,30,34)/t25-/m1/s1. The highest BCUT2D eigenvalue weighted by Crippen LogP contribution is 2.25. The number of amides is 2. The van der Waals surface area contributed by atoms with Crippen LogP contribution in [0.4, 0.5) is 10.1 Å². The summed E-state index contributed by atoms with van der Waals surface area (Å²) >= 11 is 0. The first kappa shape index (κ1) is 30.3. The van der Waals surface area contributed by atoms with E-state index in [1.165, 1.54) is 21.3 Å². The van der Waals surface area contributed by atoms with E-state index in [9.17, 15) is 22.4 Å². The second-order valence-corrected chi connectivity index (χ2v) is 11.4. The quantitative estimate of drug-likeness (QED) is 0.356. The van der Waals surface area contributed by atoms with Gasteiger partial charge in [-0.1, -0.05) is 44.5 Å². The van der Waals surface area contributed by atoms with Crippen molar-refractivity contribution >= 4 is 27.5 Å². The Hall–Kier alpha value is -2.94. The molecule has 0 heterocycles. The molecule has 2 amide bonds. The second-order valence-electron chi connectivity index (χ2n) is 9.45. The van der Waals surface area contributed by atoms with Crippen LogP contribution in [0.5, 0.6) is 0 Å². The van der Waals surface area contributed by atoms with Crippen molar-refractivity contribution < 1.29 is 22.4 Å². The number of sulfonamides is 1. The van der Waals surface area contributed by atoms with Crippen molar-refractivity contribution in [3.63, 3.8) is 0 Å². The Morgan fingerprint density at radius 1 is 1.03 bits per heavy atom. The summed E-state index contributed by atoms with van der Waals surface area (Å²) in [7, 11) is -3.57. The molecule has 0 aromatic heterocycles. The number of anilines is 1. The van der Waals surface area contributed by atoms with Gasteiger partial charge in [-0.3, -0.25) is 13.9 Å². The Labute approximate surface area is 221 Å². The Balaban J connectivity index is 2.22. The van der Waals surface area contributed by atoms with Gasteiger partial charge >= 0.3 is 0 Å². The summed E-state index contributed by atoms with van der Waals surface area (Å²) in [6, 6.07) is 10.8. The van der Waals surface area contributed by atoms with Crippen molar-refractivity contribution in [1.82, 2.24) is 10.2 Å². The van der Waals surface area contributed by atoms with Crippen molar-refractivity contribution in [3.05, 3.63) is 65.0 Å². The topological polar surface area (TPSA) is 86.8 Å². The largest absolute Gasteiger partial charge is 0.354 e.